The molecule has 0 N–H and O–H groups in total. The molecule has 38 heavy (non-hydrogen) atoms. The highest BCUT2D eigenvalue weighted by molar-refractivity contribution is 7.85. The van der Waals surface area contributed by atoms with Crippen LogP contribution in [-0.2, 0) is 30.3 Å². The van der Waals surface area contributed by atoms with Gasteiger partial charge in [0.05, 0.1) is 25.2 Å². The Bertz CT molecular complexity index is 1250. The van der Waals surface area contributed by atoms with E-state index in [1.807, 2.05) is 0 Å². The number of rotatable bonds is 10. The largest absolute Gasteiger partial charge is 0.444 e. The summed E-state index contributed by atoms with van der Waals surface area (Å²) in [7, 11) is -3.69. The minimum atomic E-state index is -3.69. The van der Waals surface area contributed by atoms with Crippen LogP contribution in [0.15, 0.2) is 42.5 Å². The smallest absolute Gasteiger partial charge is 0.414 e. The molecule has 0 spiro atoms. The molecule has 12 heteroatoms. The molecular formula is C26H32F2N2O7S. The van der Waals surface area contributed by atoms with E-state index in [9.17, 15) is 22.4 Å². The zero-order valence-electron chi connectivity index (χ0n) is 21.8. The summed E-state index contributed by atoms with van der Waals surface area (Å²) in [6.07, 6.45) is -0.998. The zero-order valence-corrected chi connectivity index (χ0v) is 22.6. The van der Waals surface area contributed by atoms with Crippen LogP contribution in [0.25, 0.3) is 11.1 Å². The third kappa shape index (κ3) is 8.38. The van der Waals surface area contributed by atoms with Crippen LogP contribution in [0.4, 0.5) is 24.1 Å². The summed E-state index contributed by atoms with van der Waals surface area (Å²) in [4.78, 5) is 27.4. The average Bonchev–Trinajstić information content (AvgIpc) is 3.20. The number of benzene rings is 2. The van der Waals surface area contributed by atoms with E-state index >= 15 is 4.39 Å². The monoisotopic (exact) mass is 554 g/mol. The van der Waals surface area contributed by atoms with Gasteiger partial charge in [-0.25, -0.2) is 14.0 Å². The molecule has 0 saturated carbocycles. The van der Waals surface area contributed by atoms with E-state index in [2.05, 4.69) is 4.18 Å². The summed E-state index contributed by atoms with van der Waals surface area (Å²) >= 11 is 0. The minimum Gasteiger partial charge on any atom is -0.444 e. The number of carbonyl (C=O) groups is 2. The van der Waals surface area contributed by atoms with Crippen molar-refractivity contribution in [2.24, 2.45) is 0 Å². The fraction of sp³-hybridized carbons (Fsp3) is 0.462. The number of alkyl halides is 1. The molecule has 0 unspecified atom stereocenters. The highest BCUT2D eigenvalue weighted by Gasteiger charge is 2.33. The van der Waals surface area contributed by atoms with Crippen LogP contribution >= 0.6 is 0 Å². The highest BCUT2D eigenvalue weighted by atomic mass is 32.2. The van der Waals surface area contributed by atoms with E-state index in [1.54, 1.807) is 51.1 Å². The molecule has 1 saturated heterocycles. The molecule has 0 aliphatic carbocycles. The van der Waals surface area contributed by atoms with Gasteiger partial charge in [0.25, 0.3) is 10.1 Å². The van der Waals surface area contributed by atoms with Gasteiger partial charge in [-0.1, -0.05) is 24.3 Å². The fourth-order valence-electron chi connectivity index (χ4n) is 3.75. The molecule has 2 aromatic rings. The van der Waals surface area contributed by atoms with Crippen molar-refractivity contribution >= 4 is 28.0 Å². The average molecular weight is 555 g/mol. The summed E-state index contributed by atoms with van der Waals surface area (Å²) in [6, 6.07) is 11.2. The van der Waals surface area contributed by atoms with E-state index in [0.717, 1.165) is 11.8 Å². The van der Waals surface area contributed by atoms with Crippen LogP contribution in [0, 0.1) is 5.82 Å². The van der Waals surface area contributed by atoms with Gasteiger partial charge in [0.15, 0.2) is 0 Å². The Morgan fingerprint density at radius 1 is 1.18 bits per heavy atom. The second kappa shape index (κ2) is 12.1. The van der Waals surface area contributed by atoms with Crippen molar-refractivity contribution in [3.8, 4) is 11.1 Å². The van der Waals surface area contributed by atoms with Crippen molar-refractivity contribution in [3.63, 3.8) is 0 Å². The number of halogens is 2. The summed E-state index contributed by atoms with van der Waals surface area (Å²) in [5.41, 5.74) is 1.21. The Kier molecular flexibility index (Phi) is 9.31. The van der Waals surface area contributed by atoms with Gasteiger partial charge < -0.3 is 14.4 Å². The molecule has 1 aliphatic heterocycles. The van der Waals surface area contributed by atoms with E-state index < -0.39 is 46.5 Å². The fourth-order valence-corrected chi connectivity index (χ4v) is 4.15. The van der Waals surface area contributed by atoms with Crippen molar-refractivity contribution in [2.75, 3.05) is 37.5 Å². The Balaban J connectivity index is 1.70. The first-order chi connectivity index (χ1) is 17.8. The topological polar surface area (TPSA) is 102 Å². The molecule has 1 heterocycles. The maximum atomic E-state index is 15.0. The van der Waals surface area contributed by atoms with Crippen molar-refractivity contribution in [1.82, 2.24) is 4.90 Å². The van der Waals surface area contributed by atoms with Crippen molar-refractivity contribution in [2.45, 2.75) is 45.4 Å². The lowest BCUT2D eigenvalue weighted by Crippen LogP contribution is -2.37. The van der Waals surface area contributed by atoms with Gasteiger partial charge >= 0.3 is 12.2 Å². The van der Waals surface area contributed by atoms with Crippen LogP contribution in [0.1, 0.15) is 32.8 Å². The Hall–Kier alpha value is -3.25. The normalized spacial score (nSPS) is 15.9. The third-order valence-electron chi connectivity index (χ3n) is 5.46. The summed E-state index contributed by atoms with van der Waals surface area (Å²) in [5, 5.41) is 0. The molecule has 3 rings (SSSR count). The second-order valence-electron chi connectivity index (χ2n) is 9.91. The van der Waals surface area contributed by atoms with E-state index in [-0.39, 0.29) is 38.3 Å². The maximum Gasteiger partial charge on any atom is 0.414 e. The number of nitrogens with zero attached hydrogens (tertiary/aromatic N) is 2. The molecule has 2 amide bonds. The van der Waals surface area contributed by atoms with Crippen molar-refractivity contribution < 1.29 is 40.4 Å². The number of ether oxygens (including phenoxy) is 2. The van der Waals surface area contributed by atoms with E-state index in [0.29, 0.717) is 11.1 Å². The molecule has 1 fully saturated rings. The molecular weight excluding hydrogens is 522 g/mol. The molecule has 1 atom stereocenters. The van der Waals surface area contributed by atoms with Crippen LogP contribution in [-0.4, -0.2) is 69.8 Å². The predicted octanol–water partition coefficient (Wildman–Crippen LogP) is 4.89. The SMILES string of the molecule is CC(C)(C)OC(=O)N(CCCF)Cc1ccc(-c2ccc(N3C[C@H](COS(C)(=O)=O)OC3=O)cc2F)cc1. The molecule has 2 aromatic carbocycles. The molecule has 1 aliphatic rings. The maximum absolute atomic E-state index is 15.0. The highest BCUT2D eigenvalue weighted by Crippen LogP contribution is 2.29. The first-order valence-corrected chi connectivity index (χ1v) is 13.8. The summed E-state index contributed by atoms with van der Waals surface area (Å²) < 4.78 is 65.3. The lowest BCUT2D eigenvalue weighted by atomic mass is 10.0. The standard InChI is InChI=1S/C26H32F2N2O7S/c1-26(2,3)37-24(31)29(13-5-12-27)15-18-6-8-19(9-7-18)22-11-10-20(14-23(22)28)30-16-21(36-25(30)32)17-35-38(4,33)34/h6-11,14,21H,5,12-13,15-17H2,1-4H3/t21-/m1/s1. The molecule has 0 radical (unpaired) electrons. The lowest BCUT2D eigenvalue weighted by Gasteiger charge is -2.27. The molecule has 9 nitrogen and oxygen atoms in total. The van der Waals surface area contributed by atoms with Crippen molar-refractivity contribution in [1.29, 1.82) is 0 Å². The lowest BCUT2D eigenvalue weighted by molar-refractivity contribution is 0.0228. The first-order valence-electron chi connectivity index (χ1n) is 12.0. The van der Waals surface area contributed by atoms with Crippen LogP contribution in [0.5, 0.6) is 0 Å². The number of hydrogen-bond donors (Lipinski definition) is 0. The number of amides is 2. The van der Waals surface area contributed by atoms with Gasteiger partial charge in [0.2, 0.25) is 0 Å². The van der Waals surface area contributed by atoms with Crippen LogP contribution in [0.2, 0.25) is 0 Å². The zero-order chi connectivity index (χ0) is 28.1. The number of anilines is 1. The Morgan fingerprint density at radius 3 is 2.45 bits per heavy atom. The van der Waals surface area contributed by atoms with E-state index in [1.165, 1.54) is 21.9 Å². The van der Waals surface area contributed by atoms with Gasteiger partial charge in [0.1, 0.15) is 24.1 Å². The van der Waals surface area contributed by atoms with Crippen LogP contribution in [0.3, 0.4) is 0 Å². The van der Waals surface area contributed by atoms with Gasteiger partial charge in [0, 0.05) is 18.7 Å². The third-order valence-corrected chi connectivity index (χ3v) is 6.02. The van der Waals surface area contributed by atoms with Gasteiger partial charge in [-0.15, -0.1) is 0 Å². The quantitative estimate of drug-likeness (QED) is 0.385. The number of carbonyl (C=O) groups excluding carboxylic acids is 2. The van der Waals surface area contributed by atoms with Crippen LogP contribution < -0.4 is 4.90 Å². The minimum absolute atomic E-state index is 0.0123. The summed E-state index contributed by atoms with van der Waals surface area (Å²) in [5.74, 6) is -0.572. The number of cyclic esters (lactones) is 1. The predicted molar refractivity (Wildman–Crippen MR) is 137 cm³/mol. The first kappa shape index (κ1) is 29.3. The summed E-state index contributed by atoms with van der Waals surface area (Å²) in [6.45, 7) is 4.80. The Labute approximate surface area is 221 Å². The Morgan fingerprint density at radius 2 is 1.87 bits per heavy atom. The van der Waals surface area contributed by atoms with Gasteiger partial charge in [-0.3, -0.25) is 13.5 Å². The molecule has 0 aromatic heterocycles. The van der Waals surface area contributed by atoms with Gasteiger partial charge in [-0.2, -0.15) is 8.42 Å². The molecule has 0 bridgehead atoms. The molecule has 208 valence electrons. The van der Waals surface area contributed by atoms with E-state index in [4.69, 9.17) is 9.47 Å². The number of hydrogen-bond acceptors (Lipinski definition) is 7. The second-order valence-corrected chi connectivity index (χ2v) is 11.6. The van der Waals surface area contributed by atoms with Gasteiger partial charge in [-0.05, 0) is 56.5 Å². The van der Waals surface area contributed by atoms with Crippen molar-refractivity contribution in [3.05, 3.63) is 53.8 Å².